The zero-order valence-electron chi connectivity index (χ0n) is 10.6. The average molecular weight is 240 g/mol. The smallest absolute Gasteiger partial charge is 0.237 e. The van der Waals surface area contributed by atoms with E-state index in [1.54, 1.807) is 0 Å². The molecular weight excluding hydrogens is 216 g/mol. The number of hydrogen-bond donors (Lipinski definition) is 3. The first-order valence-electron chi connectivity index (χ1n) is 6.84. The first-order valence-corrected chi connectivity index (χ1v) is 6.84. The summed E-state index contributed by atoms with van der Waals surface area (Å²) in [6, 6.07) is -0.189. The highest BCUT2D eigenvalue weighted by Crippen LogP contribution is 2.27. The van der Waals surface area contributed by atoms with Crippen LogP contribution in [0.2, 0.25) is 0 Å². The Balaban J connectivity index is 1.69. The van der Waals surface area contributed by atoms with Crippen LogP contribution in [-0.2, 0) is 4.79 Å². The molecule has 2 aliphatic rings. The maximum Gasteiger partial charge on any atom is 0.237 e. The zero-order chi connectivity index (χ0) is 12.3. The maximum absolute atomic E-state index is 11.8. The predicted octanol–water partition coefficient (Wildman–Crippen LogP) is 0.652. The van der Waals surface area contributed by atoms with Crippen LogP contribution in [0, 0.1) is 11.8 Å². The number of carbonyl (C=O) groups is 1. The number of nitrogens with one attached hydrogen (secondary N) is 2. The summed E-state index contributed by atoms with van der Waals surface area (Å²) < 4.78 is 0. The van der Waals surface area contributed by atoms with E-state index in [1.165, 1.54) is 25.7 Å². The second-order valence-electron chi connectivity index (χ2n) is 5.73. The molecule has 1 heterocycles. The standard InChI is InChI=1S/C13H24N2O2/c1-9-3-2-4-10(5-9)7-15-13(17)12-6-11(16)8-14-12/h9-12,14,16H,2-8H2,1H3,(H,15,17). The minimum absolute atomic E-state index is 0.0553. The normalized spacial score (nSPS) is 38.0. The second-order valence-corrected chi connectivity index (χ2v) is 5.73. The van der Waals surface area contributed by atoms with Gasteiger partial charge in [-0.05, 0) is 31.1 Å². The fourth-order valence-corrected chi connectivity index (χ4v) is 3.03. The lowest BCUT2D eigenvalue weighted by molar-refractivity contribution is -0.123. The van der Waals surface area contributed by atoms with Crippen molar-refractivity contribution in [2.75, 3.05) is 13.1 Å². The van der Waals surface area contributed by atoms with Gasteiger partial charge in [0, 0.05) is 13.1 Å². The molecule has 4 atom stereocenters. The van der Waals surface area contributed by atoms with Crippen LogP contribution >= 0.6 is 0 Å². The van der Waals surface area contributed by atoms with Gasteiger partial charge in [0.15, 0.2) is 0 Å². The van der Waals surface area contributed by atoms with Gasteiger partial charge >= 0.3 is 0 Å². The van der Waals surface area contributed by atoms with Gasteiger partial charge in [-0.2, -0.15) is 0 Å². The SMILES string of the molecule is CC1CCCC(CNC(=O)C2CC(O)CN2)C1. The van der Waals surface area contributed by atoms with Crippen LogP contribution in [0.1, 0.15) is 39.0 Å². The molecule has 0 aromatic heterocycles. The molecule has 0 aromatic rings. The van der Waals surface area contributed by atoms with E-state index in [4.69, 9.17) is 0 Å². The Morgan fingerprint density at radius 1 is 1.41 bits per heavy atom. The second kappa shape index (κ2) is 5.83. The summed E-state index contributed by atoms with van der Waals surface area (Å²) in [5.74, 6) is 1.51. The van der Waals surface area contributed by atoms with Gasteiger partial charge in [-0.3, -0.25) is 4.79 Å². The summed E-state index contributed by atoms with van der Waals surface area (Å²) in [5.41, 5.74) is 0. The number of aliphatic hydroxyl groups is 1. The lowest BCUT2D eigenvalue weighted by Crippen LogP contribution is -2.42. The average Bonchev–Trinajstić information content (AvgIpc) is 2.73. The molecule has 4 unspecified atom stereocenters. The van der Waals surface area contributed by atoms with Crippen LogP contribution in [-0.4, -0.2) is 36.2 Å². The van der Waals surface area contributed by atoms with Crippen molar-refractivity contribution < 1.29 is 9.90 Å². The summed E-state index contributed by atoms with van der Waals surface area (Å²) in [6.45, 7) is 3.64. The van der Waals surface area contributed by atoms with Gasteiger partial charge in [0.2, 0.25) is 5.91 Å². The highest BCUT2D eigenvalue weighted by molar-refractivity contribution is 5.82. The molecule has 1 aliphatic carbocycles. The summed E-state index contributed by atoms with van der Waals surface area (Å²) in [5, 5.41) is 15.4. The molecular formula is C13H24N2O2. The van der Waals surface area contributed by atoms with E-state index in [-0.39, 0.29) is 18.1 Å². The number of carbonyl (C=O) groups excluding carboxylic acids is 1. The Labute approximate surface area is 103 Å². The number of amides is 1. The summed E-state index contributed by atoms with van der Waals surface area (Å²) in [6.07, 6.45) is 5.29. The minimum atomic E-state index is -0.361. The van der Waals surface area contributed by atoms with Gasteiger partial charge in [-0.15, -0.1) is 0 Å². The van der Waals surface area contributed by atoms with Crippen molar-refractivity contribution in [3.8, 4) is 0 Å². The first kappa shape index (κ1) is 12.8. The number of hydrogen-bond acceptors (Lipinski definition) is 3. The number of β-amino-alcohol motifs (C(OH)–C–C–N with tert-alkyl or cyclic N) is 1. The van der Waals surface area contributed by atoms with Crippen LogP contribution in [0.3, 0.4) is 0 Å². The molecule has 4 heteroatoms. The molecule has 4 nitrogen and oxygen atoms in total. The van der Waals surface area contributed by atoms with E-state index >= 15 is 0 Å². The van der Waals surface area contributed by atoms with Crippen molar-refractivity contribution in [1.82, 2.24) is 10.6 Å². The molecule has 0 aromatic carbocycles. The van der Waals surface area contributed by atoms with Crippen molar-refractivity contribution in [2.24, 2.45) is 11.8 Å². The van der Waals surface area contributed by atoms with Crippen molar-refractivity contribution in [1.29, 1.82) is 0 Å². The lowest BCUT2D eigenvalue weighted by atomic mass is 9.82. The molecule has 1 aliphatic heterocycles. The van der Waals surface area contributed by atoms with E-state index in [0.717, 1.165) is 12.5 Å². The van der Waals surface area contributed by atoms with E-state index < -0.39 is 0 Å². The molecule has 17 heavy (non-hydrogen) atoms. The number of rotatable bonds is 3. The van der Waals surface area contributed by atoms with Crippen LogP contribution in [0.15, 0.2) is 0 Å². The molecule has 1 saturated heterocycles. The van der Waals surface area contributed by atoms with E-state index in [0.29, 0.717) is 18.9 Å². The third-order valence-corrected chi connectivity index (χ3v) is 4.03. The van der Waals surface area contributed by atoms with Gasteiger partial charge in [0.05, 0.1) is 12.1 Å². The Morgan fingerprint density at radius 3 is 2.88 bits per heavy atom. The van der Waals surface area contributed by atoms with Crippen molar-refractivity contribution in [2.45, 2.75) is 51.2 Å². The summed E-state index contributed by atoms with van der Waals surface area (Å²) in [4.78, 5) is 11.8. The Kier molecular flexibility index (Phi) is 4.40. The Hall–Kier alpha value is -0.610. The first-order chi connectivity index (χ1) is 8.15. The van der Waals surface area contributed by atoms with Gasteiger partial charge in [0.1, 0.15) is 0 Å². The summed E-state index contributed by atoms with van der Waals surface area (Å²) in [7, 11) is 0. The molecule has 98 valence electrons. The summed E-state index contributed by atoms with van der Waals surface area (Å²) >= 11 is 0. The van der Waals surface area contributed by atoms with Crippen molar-refractivity contribution in [3.05, 3.63) is 0 Å². The third kappa shape index (κ3) is 3.68. The predicted molar refractivity (Wildman–Crippen MR) is 66.5 cm³/mol. The van der Waals surface area contributed by atoms with Crippen LogP contribution in [0.25, 0.3) is 0 Å². The largest absolute Gasteiger partial charge is 0.392 e. The van der Waals surface area contributed by atoms with E-state index in [9.17, 15) is 9.90 Å². The topological polar surface area (TPSA) is 61.4 Å². The number of aliphatic hydroxyl groups excluding tert-OH is 1. The molecule has 0 spiro atoms. The van der Waals surface area contributed by atoms with E-state index in [2.05, 4.69) is 17.6 Å². The highest BCUT2D eigenvalue weighted by atomic mass is 16.3. The maximum atomic E-state index is 11.8. The van der Waals surface area contributed by atoms with Gasteiger partial charge in [-0.25, -0.2) is 0 Å². The Morgan fingerprint density at radius 2 is 2.24 bits per heavy atom. The molecule has 0 bridgehead atoms. The van der Waals surface area contributed by atoms with Crippen LogP contribution in [0.5, 0.6) is 0 Å². The van der Waals surface area contributed by atoms with E-state index in [1.807, 2.05) is 0 Å². The monoisotopic (exact) mass is 240 g/mol. The van der Waals surface area contributed by atoms with Gasteiger partial charge in [-0.1, -0.05) is 19.8 Å². The minimum Gasteiger partial charge on any atom is -0.392 e. The van der Waals surface area contributed by atoms with Gasteiger partial charge < -0.3 is 15.7 Å². The molecule has 3 N–H and O–H groups in total. The highest BCUT2D eigenvalue weighted by Gasteiger charge is 2.28. The third-order valence-electron chi connectivity index (χ3n) is 4.03. The molecule has 0 radical (unpaired) electrons. The van der Waals surface area contributed by atoms with Crippen LogP contribution < -0.4 is 10.6 Å². The lowest BCUT2D eigenvalue weighted by Gasteiger charge is -2.27. The molecule has 1 saturated carbocycles. The quantitative estimate of drug-likeness (QED) is 0.679. The zero-order valence-corrected chi connectivity index (χ0v) is 10.6. The fourth-order valence-electron chi connectivity index (χ4n) is 3.03. The Bertz CT molecular complexity index is 270. The van der Waals surface area contributed by atoms with Gasteiger partial charge in [0.25, 0.3) is 0 Å². The molecule has 2 rings (SSSR count). The van der Waals surface area contributed by atoms with Crippen molar-refractivity contribution >= 4 is 5.91 Å². The molecule has 1 amide bonds. The fraction of sp³-hybridized carbons (Fsp3) is 0.923. The van der Waals surface area contributed by atoms with Crippen molar-refractivity contribution in [3.63, 3.8) is 0 Å². The van der Waals surface area contributed by atoms with Crippen LogP contribution in [0.4, 0.5) is 0 Å². The molecule has 2 fully saturated rings.